The van der Waals surface area contributed by atoms with Gasteiger partial charge >= 0.3 is 0 Å². The van der Waals surface area contributed by atoms with Crippen LogP contribution in [0.4, 0.5) is 11.6 Å². The molecule has 0 aliphatic heterocycles. The lowest BCUT2D eigenvalue weighted by molar-refractivity contribution is 0.573. The topological polar surface area (TPSA) is 49.8 Å². The molecule has 0 aromatic carbocycles. The molecular weight excluding hydrogens is 280 g/mol. The van der Waals surface area contributed by atoms with Crippen LogP contribution in [-0.2, 0) is 0 Å². The molecule has 0 atom stereocenters. The van der Waals surface area contributed by atoms with Crippen molar-refractivity contribution in [1.82, 2.24) is 9.97 Å². The number of thioether (sulfide) groups is 1. The highest BCUT2D eigenvalue weighted by atomic mass is 32.2. The summed E-state index contributed by atoms with van der Waals surface area (Å²) in [6.45, 7) is 12.8. The maximum absolute atomic E-state index is 4.48. The average molecular weight is 311 g/mol. The fraction of sp³-hybridized carbons (Fsp3) is 0.750. The minimum atomic E-state index is 0.275. The van der Waals surface area contributed by atoms with E-state index in [1.165, 1.54) is 5.56 Å². The second kappa shape index (κ2) is 8.47. The number of nitrogens with zero attached hydrogens (tertiary/aromatic N) is 2. The molecule has 0 spiro atoms. The fourth-order valence-electron chi connectivity index (χ4n) is 2.50. The van der Waals surface area contributed by atoms with E-state index in [4.69, 9.17) is 0 Å². The third-order valence-electron chi connectivity index (χ3n) is 4.11. The molecule has 0 aliphatic rings. The quantitative estimate of drug-likeness (QED) is 0.709. The standard InChI is InChI=1S/C16H30N4S/c1-7-16(8-2,21-6)10-18-15-13(12(4)5)14(17-9-3)19-11-20-15/h11-12H,7-10H2,1-6H3,(H2,17,18,19,20). The first-order chi connectivity index (χ1) is 10.0. The van der Waals surface area contributed by atoms with Crippen LogP contribution < -0.4 is 10.6 Å². The smallest absolute Gasteiger partial charge is 0.135 e. The fourth-order valence-corrected chi connectivity index (χ4v) is 3.29. The Labute approximate surface area is 133 Å². The Morgan fingerprint density at radius 1 is 1.10 bits per heavy atom. The number of hydrogen-bond acceptors (Lipinski definition) is 5. The average Bonchev–Trinajstić information content (AvgIpc) is 2.49. The van der Waals surface area contributed by atoms with Gasteiger partial charge in [-0.1, -0.05) is 27.7 Å². The van der Waals surface area contributed by atoms with Gasteiger partial charge in [0.05, 0.1) is 0 Å². The third kappa shape index (κ3) is 4.50. The van der Waals surface area contributed by atoms with Gasteiger partial charge in [-0.05, 0) is 31.9 Å². The summed E-state index contributed by atoms with van der Waals surface area (Å²) in [5.74, 6) is 2.30. The molecule has 0 fully saturated rings. The molecule has 0 bridgehead atoms. The van der Waals surface area contributed by atoms with Crippen molar-refractivity contribution in [2.24, 2.45) is 0 Å². The number of aromatic nitrogens is 2. The van der Waals surface area contributed by atoms with E-state index in [2.05, 4.69) is 61.5 Å². The van der Waals surface area contributed by atoms with Crippen molar-refractivity contribution in [3.63, 3.8) is 0 Å². The predicted octanol–water partition coefficient (Wildman–Crippen LogP) is 4.37. The monoisotopic (exact) mass is 310 g/mol. The van der Waals surface area contributed by atoms with E-state index in [0.29, 0.717) is 5.92 Å². The molecule has 1 rings (SSSR count). The van der Waals surface area contributed by atoms with Crippen LogP contribution in [0.5, 0.6) is 0 Å². The molecule has 1 aromatic rings. The minimum Gasteiger partial charge on any atom is -0.370 e. The Balaban J connectivity index is 3.00. The summed E-state index contributed by atoms with van der Waals surface area (Å²) >= 11 is 1.94. The van der Waals surface area contributed by atoms with Crippen molar-refractivity contribution < 1.29 is 0 Å². The van der Waals surface area contributed by atoms with Gasteiger partial charge in [-0.3, -0.25) is 0 Å². The molecule has 21 heavy (non-hydrogen) atoms. The zero-order chi connectivity index (χ0) is 15.9. The Hall–Kier alpha value is -0.970. The summed E-state index contributed by atoms with van der Waals surface area (Å²) in [6.07, 6.45) is 6.15. The summed E-state index contributed by atoms with van der Waals surface area (Å²) in [5.41, 5.74) is 1.18. The summed E-state index contributed by atoms with van der Waals surface area (Å²) in [5, 5.41) is 6.92. The molecule has 0 saturated carbocycles. The van der Waals surface area contributed by atoms with Crippen LogP contribution in [0, 0.1) is 0 Å². The highest BCUT2D eigenvalue weighted by Gasteiger charge is 2.25. The lowest BCUT2D eigenvalue weighted by Crippen LogP contribution is -2.32. The largest absolute Gasteiger partial charge is 0.370 e. The lowest BCUT2D eigenvalue weighted by atomic mass is 10.0. The van der Waals surface area contributed by atoms with Crippen molar-refractivity contribution in [3.8, 4) is 0 Å². The zero-order valence-corrected chi connectivity index (χ0v) is 15.1. The second-order valence-electron chi connectivity index (χ2n) is 5.62. The van der Waals surface area contributed by atoms with Crippen LogP contribution in [0.25, 0.3) is 0 Å². The van der Waals surface area contributed by atoms with E-state index < -0.39 is 0 Å². The molecule has 0 saturated heterocycles. The molecule has 2 N–H and O–H groups in total. The van der Waals surface area contributed by atoms with Gasteiger partial charge < -0.3 is 10.6 Å². The first kappa shape index (κ1) is 18.1. The summed E-state index contributed by atoms with van der Waals surface area (Å²) in [4.78, 5) is 8.87. The molecule has 1 aromatic heterocycles. The van der Waals surface area contributed by atoms with Gasteiger partial charge in [0.25, 0.3) is 0 Å². The molecule has 0 aliphatic carbocycles. The van der Waals surface area contributed by atoms with E-state index in [1.54, 1.807) is 6.33 Å². The zero-order valence-electron chi connectivity index (χ0n) is 14.3. The van der Waals surface area contributed by atoms with Crippen molar-refractivity contribution in [3.05, 3.63) is 11.9 Å². The summed E-state index contributed by atoms with van der Waals surface area (Å²) in [7, 11) is 0. The van der Waals surface area contributed by atoms with Gasteiger partial charge in [0.15, 0.2) is 0 Å². The maximum atomic E-state index is 4.48. The normalized spacial score (nSPS) is 11.8. The Kier molecular flexibility index (Phi) is 7.29. The van der Waals surface area contributed by atoms with Gasteiger partial charge in [0, 0.05) is 23.4 Å². The number of rotatable bonds is 9. The first-order valence-corrected chi connectivity index (χ1v) is 9.13. The molecule has 0 amide bonds. The number of anilines is 2. The number of hydrogen-bond donors (Lipinski definition) is 2. The van der Waals surface area contributed by atoms with Crippen LogP contribution in [0.2, 0.25) is 0 Å². The molecule has 120 valence electrons. The number of nitrogens with one attached hydrogen (secondary N) is 2. The maximum Gasteiger partial charge on any atom is 0.135 e. The van der Waals surface area contributed by atoms with Gasteiger partial charge in [-0.25, -0.2) is 9.97 Å². The van der Waals surface area contributed by atoms with Crippen molar-refractivity contribution >= 4 is 23.4 Å². The third-order valence-corrected chi connectivity index (χ3v) is 5.69. The van der Waals surface area contributed by atoms with Crippen LogP contribution in [0.15, 0.2) is 6.33 Å². The Bertz CT molecular complexity index is 422. The Morgan fingerprint density at radius 3 is 2.10 bits per heavy atom. The molecule has 4 nitrogen and oxygen atoms in total. The summed E-state index contributed by atoms with van der Waals surface area (Å²) in [6, 6.07) is 0. The van der Waals surface area contributed by atoms with E-state index >= 15 is 0 Å². The van der Waals surface area contributed by atoms with Crippen LogP contribution in [-0.4, -0.2) is 34.1 Å². The van der Waals surface area contributed by atoms with Crippen LogP contribution in [0.1, 0.15) is 58.9 Å². The highest BCUT2D eigenvalue weighted by molar-refractivity contribution is 8.00. The van der Waals surface area contributed by atoms with Gasteiger partial charge in [-0.15, -0.1) is 0 Å². The van der Waals surface area contributed by atoms with E-state index in [0.717, 1.165) is 37.6 Å². The molecule has 1 heterocycles. The highest BCUT2D eigenvalue weighted by Crippen LogP contribution is 2.33. The second-order valence-corrected chi connectivity index (χ2v) is 6.89. The van der Waals surface area contributed by atoms with Gasteiger partial charge in [-0.2, -0.15) is 11.8 Å². The van der Waals surface area contributed by atoms with E-state index in [-0.39, 0.29) is 4.75 Å². The molecular formula is C16H30N4S. The van der Waals surface area contributed by atoms with Gasteiger partial charge in [0.2, 0.25) is 0 Å². The predicted molar refractivity (Wildman–Crippen MR) is 95.6 cm³/mol. The van der Waals surface area contributed by atoms with Crippen LogP contribution in [0.3, 0.4) is 0 Å². The first-order valence-electron chi connectivity index (χ1n) is 7.91. The lowest BCUT2D eigenvalue weighted by Gasteiger charge is -2.30. The molecule has 0 unspecified atom stereocenters. The van der Waals surface area contributed by atoms with E-state index in [9.17, 15) is 0 Å². The minimum absolute atomic E-state index is 0.275. The van der Waals surface area contributed by atoms with Crippen LogP contribution >= 0.6 is 11.8 Å². The van der Waals surface area contributed by atoms with E-state index in [1.807, 2.05) is 11.8 Å². The SMILES string of the molecule is CCNc1ncnc(NCC(CC)(CC)SC)c1C(C)C. The molecule has 0 radical (unpaired) electrons. The Morgan fingerprint density at radius 2 is 1.67 bits per heavy atom. The van der Waals surface area contributed by atoms with Crippen molar-refractivity contribution in [1.29, 1.82) is 0 Å². The van der Waals surface area contributed by atoms with Crippen molar-refractivity contribution in [2.45, 2.75) is 58.1 Å². The van der Waals surface area contributed by atoms with Gasteiger partial charge in [0.1, 0.15) is 18.0 Å². The summed E-state index contributed by atoms with van der Waals surface area (Å²) < 4.78 is 0.275. The molecule has 5 heteroatoms. The van der Waals surface area contributed by atoms with Crippen molar-refractivity contribution in [2.75, 3.05) is 30.0 Å².